The van der Waals surface area contributed by atoms with Gasteiger partial charge in [0.15, 0.2) is 6.29 Å². The van der Waals surface area contributed by atoms with E-state index >= 15 is 0 Å². The van der Waals surface area contributed by atoms with E-state index < -0.39 is 6.29 Å². The first kappa shape index (κ1) is 29.5. The Morgan fingerprint density at radius 1 is 0.886 bits per heavy atom. The van der Waals surface area contributed by atoms with Crippen LogP contribution in [-0.4, -0.2) is 43.2 Å². The van der Waals surface area contributed by atoms with Gasteiger partial charge in [0.25, 0.3) is 0 Å². The molecule has 0 radical (unpaired) electrons. The molecule has 1 saturated heterocycles. The number of aliphatic hydroxyl groups excluding tert-OH is 1. The van der Waals surface area contributed by atoms with Crippen LogP contribution in [0.15, 0.2) is 114 Å². The molecule has 0 aliphatic carbocycles. The number of ether oxygens (including phenoxy) is 2. The summed E-state index contributed by atoms with van der Waals surface area (Å²) in [6.45, 7) is 0.399. The van der Waals surface area contributed by atoms with Gasteiger partial charge in [-0.05, 0) is 51.4 Å². The Hall–Kier alpha value is -4.55. The van der Waals surface area contributed by atoms with Gasteiger partial charge in [0, 0.05) is 30.0 Å². The molecular formula is C33H32N6O4S. The molecule has 2 heterocycles. The first-order valence-corrected chi connectivity index (χ1v) is 15.3. The zero-order valence-electron chi connectivity index (χ0n) is 23.8. The number of aromatic nitrogens is 4. The van der Waals surface area contributed by atoms with Gasteiger partial charge in [-0.25, -0.2) is 4.79 Å². The predicted molar refractivity (Wildman–Crippen MR) is 167 cm³/mol. The monoisotopic (exact) mass is 608 g/mol. The molecule has 0 unspecified atom stereocenters. The third-order valence-electron chi connectivity index (χ3n) is 7.17. The minimum Gasteiger partial charge on any atom is -0.392 e. The predicted octanol–water partition coefficient (Wildman–Crippen LogP) is 5.81. The zero-order chi connectivity index (χ0) is 30.1. The number of carbonyl (C=O) groups is 1. The Bertz CT molecular complexity index is 1650. The van der Waals surface area contributed by atoms with Gasteiger partial charge in [0.05, 0.1) is 24.5 Å². The third kappa shape index (κ3) is 7.50. The van der Waals surface area contributed by atoms with E-state index in [1.165, 1.54) is 11.8 Å². The number of rotatable bonds is 10. The maximum atomic E-state index is 12.6. The molecule has 1 aliphatic rings. The molecule has 224 valence electrons. The molecule has 10 nitrogen and oxygen atoms in total. The molecule has 1 aromatic heterocycles. The highest BCUT2D eigenvalue weighted by Crippen LogP contribution is 2.39. The molecule has 5 aromatic rings. The molecule has 1 fully saturated rings. The molecule has 2 amide bonds. The summed E-state index contributed by atoms with van der Waals surface area (Å²) in [7, 11) is 0. The lowest BCUT2D eigenvalue weighted by molar-refractivity contribution is -0.245. The van der Waals surface area contributed by atoms with Crippen molar-refractivity contribution in [3.05, 3.63) is 131 Å². The lowest BCUT2D eigenvalue weighted by Gasteiger charge is -2.36. The Balaban J connectivity index is 1.17. The van der Waals surface area contributed by atoms with Crippen LogP contribution in [-0.2, 0) is 22.6 Å². The van der Waals surface area contributed by atoms with Crippen LogP contribution in [0.25, 0.3) is 5.69 Å². The summed E-state index contributed by atoms with van der Waals surface area (Å²) in [6.07, 6.45) is -0.485. The van der Waals surface area contributed by atoms with Gasteiger partial charge >= 0.3 is 6.03 Å². The fourth-order valence-electron chi connectivity index (χ4n) is 4.91. The second-order valence-electron chi connectivity index (χ2n) is 10.3. The first-order valence-electron chi connectivity index (χ1n) is 14.3. The van der Waals surface area contributed by atoms with Crippen LogP contribution in [0.4, 0.5) is 10.5 Å². The van der Waals surface area contributed by atoms with Crippen LogP contribution in [0.5, 0.6) is 0 Å². The topological polar surface area (TPSA) is 123 Å². The largest absolute Gasteiger partial charge is 0.392 e. The second-order valence-corrected chi connectivity index (χ2v) is 11.3. The number of thioether (sulfide) groups is 1. The highest BCUT2D eigenvalue weighted by molar-refractivity contribution is 7.99. The Labute approximate surface area is 259 Å². The summed E-state index contributed by atoms with van der Waals surface area (Å²) in [6, 6.07) is 34.4. The number of nitrogens with zero attached hydrogens (tertiary/aromatic N) is 4. The average Bonchev–Trinajstić information content (AvgIpc) is 3.56. The highest BCUT2D eigenvalue weighted by atomic mass is 32.2. The number of hydrogen-bond donors (Lipinski definition) is 3. The van der Waals surface area contributed by atoms with Gasteiger partial charge in [-0.15, -0.1) is 5.10 Å². The van der Waals surface area contributed by atoms with Crippen molar-refractivity contribution in [1.82, 2.24) is 25.5 Å². The van der Waals surface area contributed by atoms with Crippen molar-refractivity contribution in [2.75, 3.05) is 11.1 Å². The number of aliphatic hydroxyl groups is 1. The molecule has 0 saturated carbocycles. The maximum Gasteiger partial charge on any atom is 0.319 e. The summed E-state index contributed by atoms with van der Waals surface area (Å²) >= 11 is 1.52. The fourth-order valence-corrected chi connectivity index (χ4v) is 5.81. The van der Waals surface area contributed by atoms with Crippen molar-refractivity contribution in [3.8, 4) is 5.69 Å². The third-order valence-corrected chi connectivity index (χ3v) is 8.22. The number of anilines is 1. The number of tetrazole rings is 1. The smallest absolute Gasteiger partial charge is 0.319 e. The zero-order valence-corrected chi connectivity index (χ0v) is 24.6. The number of hydrogen-bond acceptors (Lipinski definition) is 8. The van der Waals surface area contributed by atoms with Crippen molar-refractivity contribution in [1.29, 1.82) is 0 Å². The first-order chi connectivity index (χ1) is 21.6. The van der Waals surface area contributed by atoms with E-state index in [0.717, 1.165) is 27.9 Å². The maximum absolute atomic E-state index is 12.6. The summed E-state index contributed by atoms with van der Waals surface area (Å²) < 4.78 is 14.7. The number of nitrogens with one attached hydrogen (secondary N) is 2. The minimum atomic E-state index is -0.670. The lowest BCUT2D eigenvalue weighted by Crippen LogP contribution is -2.31. The quantitative estimate of drug-likeness (QED) is 0.170. The molecule has 11 heteroatoms. The van der Waals surface area contributed by atoms with Crippen molar-refractivity contribution < 1.29 is 19.4 Å². The van der Waals surface area contributed by atoms with E-state index in [2.05, 4.69) is 26.2 Å². The molecule has 3 N–H and O–H groups in total. The van der Waals surface area contributed by atoms with E-state index in [9.17, 15) is 9.90 Å². The number of benzene rings is 4. The van der Waals surface area contributed by atoms with Gasteiger partial charge in [-0.1, -0.05) is 96.7 Å². The van der Waals surface area contributed by atoms with Gasteiger partial charge in [-0.3, -0.25) is 0 Å². The standard InChI is InChI=1S/C33H32N6O4S/c40-21-24-14-16-25(17-15-24)30-19-29(22-44-33-36-37-38-39(33)28-12-5-2-6-13-28)42-31(43-30)26-10-7-11-27(18-26)35-32(41)34-20-23-8-3-1-4-9-23/h1-18,29-31,40H,19-22H2,(H2,34,35,41)/t29-,30+,31+/m1/s1. The van der Waals surface area contributed by atoms with Crippen molar-refractivity contribution in [2.45, 2.75) is 43.2 Å². The van der Waals surface area contributed by atoms with E-state index in [0.29, 0.717) is 29.6 Å². The molecule has 6 rings (SSSR count). The van der Waals surface area contributed by atoms with Crippen molar-refractivity contribution in [3.63, 3.8) is 0 Å². The van der Waals surface area contributed by atoms with Crippen LogP contribution >= 0.6 is 11.8 Å². The van der Waals surface area contributed by atoms with E-state index in [1.807, 2.05) is 109 Å². The van der Waals surface area contributed by atoms with Gasteiger partial charge in [0.2, 0.25) is 5.16 Å². The van der Waals surface area contributed by atoms with Crippen LogP contribution in [0, 0.1) is 0 Å². The molecule has 4 aromatic carbocycles. The lowest BCUT2D eigenvalue weighted by atomic mass is 10.0. The minimum absolute atomic E-state index is 0.0222. The molecule has 0 bridgehead atoms. The van der Waals surface area contributed by atoms with Crippen LogP contribution in [0.3, 0.4) is 0 Å². The van der Waals surface area contributed by atoms with Gasteiger partial charge in [0.1, 0.15) is 0 Å². The number of amides is 2. The summed E-state index contributed by atoms with van der Waals surface area (Å²) in [5, 5.41) is 28.3. The van der Waals surface area contributed by atoms with Crippen LogP contribution < -0.4 is 10.6 Å². The summed E-state index contributed by atoms with van der Waals surface area (Å²) in [5.41, 5.74) is 5.13. The molecule has 44 heavy (non-hydrogen) atoms. The molecule has 1 aliphatic heterocycles. The molecule has 0 spiro atoms. The Morgan fingerprint density at radius 3 is 2.43 bits per heavy atom. The Kier molecular flexibility index (Phi) is 9.58. The Morgan fingerprint density at radius 2 is 1.66 bits per heavy atom. The van der Waals surface area contributed by atoms with Crippen LogP contribution in [0.1, 0.15) is 41.1 Å². The van der Waals surface area contributed by atoms with Crippen LogP contribution in [0.2, 0.25) is 0 Å². The average molecular weight is 609 g/mol. The highest BCUT2D eigenvalue weighted by Gasteiger charge is 2.33. The normalized spacial score (nSPS) is 18.1. The molecule has 3 atom stereocenters. The van der Waals surface area contributed by atoms with E-state index in [-0.39, 0.29) is 24.8 Å². The summed E-state index contributed by atoms with van der Waals surface area (Å²) in [4.78, 5) is 12.6. The number of carbonyl (C=O) groups excluding carboxylic acids is 1. The second kappa shape index (κ2) is 14.3. The summed E-state index contributed by atoms with van der Waals surface area (Å²) in [5.74, 6) is 0.595. The van der Waals surface area contributed by atoms with Gasteiger partial charge < -0.3 is 25.2 Å². The van der Waals surface area contributed by atoms with E-state index in [1.54, 1.807) is 4.68 Å². The SMILES string of the molecule is O=C(NCc1ccccc1)Nc1cccc([C@H]2O[C@@H](CSc3nnnn3-c3ccccc3)C[C@@H](c3ccc(CO)cc3)O2)c1. The van der Waals surface area contributed by atoms with Crippen molar-refractivity contribution >= 4 is 23.5 Å². The van der Waals surface area contributed by atoms with E-state index in [4.69, 9.17) is 9.47 Å². The number of urea groups is 1. The number of para-hydroxylation sites is 1. The van der Waals surface area contributed by atoms with Gasteiger partial charge in [-0.2, -0.15) is 4.68 Å². The van der Waals surface area contributed by atoms with Crippen molar-refractivity contribution in [2.24, 2.45) is 0 Å². The fraction of sp³-hybridized carbons (Fsp3) is 0.212. The molecular weight excluding hydrogens is 576 g/mol.